The first-order valence-electron chi connectivity index (χ1n) is 8.23. The number of nitrogens with zero attached hydrogens (tertiary/aromatic N) is 4. The van der Waals surface area contributed by atoms with Crippen molar-refractivity contribution in [2.45, 2.75) is 12.5 Å². The summed E-state index contributed by atoms with van der Waals surface area (Å²) >= 11 is 0. The van der Waals surface area contributed by atoms with Gasteiger partial charge in [-0.05, 0) is 25.6 Å². The Bertz CT molecular complexity index is 697. The van der Waals surface area contributed by atoms with Crippen LogP contribution in [0.5, 0.6) is 0 Å². The number of sulfone groups is 1. The van der Waals surface area contributed by atoms with Crippen LogP contribution in [0.4, 0.5) is 5.82 Å². The van der Waals surface area contributed by atoms with Gasteiger partial charge in [0.25, 0.3) is 5.91 Å². The van der Waals surface area contributed by atoms with Crippen LogP contribution in [0.15, 0.2) is 18.3 Å². The van der Waals surface area contributed by atoms with Gasteiger partial charge in [-0.15, -0.1) is 0 Å². The topological polar surface area (TPSA) is 73.8 Å². The maximum Gasteiger partial charge on any atom is 0.255 e. The average Bonchev–Trinajstić information content (AvgIpc) is 2.94. The molecule has 2 aliphatic heterocycles. The summed E-state index contributed by atoms with van der Waals surface area (Å²) in [6.07, 6.45) is 2.22. The fourth-order valence-electron chi connectivity index (χ4n) is 3.18. The van der Waals surface area contributed by atoms with Gasteiger partial charge in [0, 0.05) is 45.5 Å². The highest BCUT2D eigenvalue weighted by molar-refractivity contribution is 7.91. The molecule has 1 amide bonds. The van der Waals surface area contributed by atoms with Crippen LogP contribution < -0.4 is 4.90 Å². The fraction of sp³-hybridized carbons (Fsp3) is 0.625. The van der Waals surface area contributed by atoms with E-state index in [1.54, 1.807) is 18.3 Å². The summed E-state index contributed by atoms with van der Waals surface area (Å²) in [5.74, 6) is 1.12. The molecule has 2 fully saturated rings. The number of rotatable bonds is 3. The molecule has 24 heavy (non-hydrogen) atoms. The van der Waals surface area contributed by atoms with Crippen LogP contribution in [0.2, 0.25) is 0 Å². The van der Waals surface area contributed by atoms with E-state index in [1.807, 2.05) is 16.8 Å². The van der Waals surface area contributed by atoms with Crippen LogP contribution in [0, 0.1) is 0 Å². The van der Waals surface area contributed by atoms with Crippen LogP contribution in [0.1, 0.15) is 16.8 Å². The van der Waals surface area contributed by atoms with E-state index >= 15 is 0 Å². The number of aromatic nitrogens is 1. The smallest absolute Gasteiger partial charge is 0.255 e. The molecule has 0 spiro atoms. The van der Waals surface area contributed by atoms with Gasteiger partial charge in [-0.3, -0.25) is 4.79 Å². The Kier molecular flexibility index (Phi) is 4.78. The third-order valence-corrected chi connectivity index (χ3v) is 6.65. The Morgan fingerprint density at radius 2 is 1.96 bits per heavy atom. The lowest BCUT2D eigenvalue weighted by Crippen LogP contribution is -2.47. The number of likely N-dealkylation sites (N-methyl/N-ethyl adjacent to an activating group) is 1. The van der Waals surface area contributed by atoms with Crippen LogP contribution in [-0.4, -0.2) is 86.9 Å². The summed E-state index contributed by atoms with van der Waals surface area (Å²) in [4.78, 5) is 22.8. The zero-order valence-electron chi connectivity index (χ0n) is 14.2. The molecule has 1 aromatic heterocycles. The largest absolute Gasteiger partial charge is 0.356 e. The van der Waals surface area contributed by atoms with E-state index in [4.69, 9.17) is 0 Å². The molecule has 2 aliphatic rings. The van der Waals surface area contributed by atoms with E-state index in [0.29, 0.717) is 17.8 Å². The number of carbonyl (C=O) groups excluding carboxylic acids is 1. The third-order valence-electron chi connectivity index (χ3n) is 4.90. The van der Waals surface area contributed by atoms with E-state index in [9.17, 15) is 13.2 Å². The molecule has 3 heterocycles. The van der Waals surface area contributed by atoms with Gasteiger partial charge < -0.3 is 14.7 Å². The number of anilines is 1. The number of piperazine rings is 1. The maximum absolute atomic E-state index is 12.5. The van der Waals surface area contributed by atoms with Gasteiger partial charge in [0.1, 0.15) is 5.82 Å². The molecule has 0 aromatic carbocycles. The highest BCUT2D eigenvalue weighted by Crippen LogP contribution is 2.21. The summed E-state index contributed by atoms with van der Waals surface area (Å²) < 4.78 is 23.2. The lowest BCUT2D eigenvalue weighted by atomic mass is 10.2. The molecule has 2 saturated heterocycles. The van der Waals surface area contributed by atoms with Crippen LogP contribution in [-0.2, 0) is 9.84 Å². The molecular weight excluding hydrogens is 328 g/mol. The molecule has 7 nitrogen and oxygen atoms in total. The average molecular weight is 352 g/mol. The second-order valence-corrected chi connectivity index (χ2v) is 8.90. The molecule has 0 radical (unpaired) electrons. The van der Waals surface area contributed by atoms with Gasteiger partial charge in [-0.1, -0.05) is 0 Å². The number of pyridine rings is 1. The van der Waals surface area contributed by atoms with Crippen molar-refractivity contribution in [3.05, 3.63) is 23.9 Å². The van der Waals surface area contributed by atoms with E-state index in [1.165, 1.54) is 0 Å². The normalized spacial score (nSPS) is 24.1. The van der Waals surface area contributed by atoms with Crippen molar-refractivity contribution in [3.8, 4) is 0 Å². The van der Waals surface area contributed by atoms with Crippen molar-refractivity contribution in [2.75, 3.05) is 56.7 Å². The molecule has 1 unspecified atom stereocenters. The first kappa shape index (κ1) is 17.2. The summed E-state index contributed by atoms with van der Waals surface area (Å²) in [5.41, 5.74) is 0.579. The Morgan fingerprint density at radius 1 is 1.25 bits per heavy atom. The highest BCUT2D eigenvalue weighted by atomic mass is 32.2. The van der Waals surface area contributed by atoms with Crippen LogP contribution in [0.3, 0.4) is 0 Å². The van der Waals surface area contributed by atoms with E-state index in [2.05, 4.69) is 16.9 Å². The molecule has 0 saturated carbocycles. The fourth-order valence-corrected chi connectivity index (χ4v) is 4.96. The minimum absolute atomic E-state index is 0.00764. The molecule has 0 aliphatic carbocycles. The molecule has 8 heteroatoms. The number of carbonyl (C=O) groups is 1. The van der Waals surface area contributed by atoms with E-state index in [-0.39, 0.29) is 23.5 Å². The van der Waals surface area contributed by atoms with Gasteiger partial charge in [0.05, 0.1) is 17.1 Å². The molecule has 0 bridgehead atoms. The van der Waals surface area contributed by atoms with Gasteiger partial charge >= 0.3 is 0 Å². The molecule has 0 N–H and O–H groups in total. The number of hydrogen-bond donors (Lipinski definition) is 0. The molecule has 1 aromatic rings. The zero-order valence-corrected chi connectivity index (χ0v) is 15.0. The van der Waals surface area contributed by atoms with E-state index in [0.717, 1.165) is 26.2 Å². The van der Waals surface area contributed by atoms with E-state index < -0.39 is 9.84 Å². The van der Waals surface area contributed by atoms with Gasteiger partial charge in [-0.25, -0.2) is 13.4 Å². The monoisotopic (exact) mass is 352 g/mol. The first-order chi connectivity index (χ1) is 11.4. The van der Waals surface area contributed by atoms with Crippen LogP contribution in [0.25, 0.3) is 0 Å². The van der Waals surface area contributed by atoms with Crippen molar-refractivity contribution in [1.82, 2.24) is 14.8 Å². The summed E-state index contributed by atoms with van der Waals surface area (Å²) in [5, 5.41) is 0. The highest BCUT2D eigenvalue weighted by Gasteiger charge is 2.31. The maximum atomic E-state index is 12.5. The predicted octanol–water partition coefficient (Wildman–Crippen LogP) is 0.0925. The number of amides is 1. The Labute approximate surface area is 143 Å². The van der Waals surface area contributed by atoms with Gasteiger partial charge in [-0.2, -0.15) is 0 Å². The summed E-state index contributed by atoms with van der Waals surface area (Å²) in [6.45, 7) is 3.24. The Morgan fingerprint density at radius 3 is 2.50 bits per heavy atom. The van der Waals surface area contributed by atoms with Crippen molar-refractivity contribution in [2.24, 2.45) is 0 Å². The van der Waals surface area contributed by atoms with Crippen molar-refractivity contribution in [1.29, 1.82) is 0 Å². The standard InChI is InChI=1S/C16H24N4O3S/c1-18-6-8-20(9-7-18)16(21)13-3-4-15(17-11-13)19(2)14-5-10-24(22,23)12-14/h3-4,11,14H,5-10,12H2,1-2H3. The molecular formula is C16H24N4O3S. The van der Waals surface area contributed by atoms with Crippen molar-refractivity contribution < 1.29 is 13.2 Å². The summed E-state index contributed by atoms with van der Waals surface area (Å²) in [7, 11) is 0.986. The predicted molar refractivity (Wildman–Crippen MR) is 93.1 cm³/mol. The lowest BCUT2D eigenvalue weighted by Gasteiger charge is -2.32. The Balaban J connectivity index is 1.66. The summed E-state index contributed by atoms with van der Waals surface area (Å²) in [6, 6.07) is 3.54. The first-order valence-corrected chi connectivity index (χ1v) is 10.0. The van der Waals surface area contributed by atoms with Crippen molar-refractivity contribution >= 4 is 21.6 Å². The second-order valence-electron chi connectivity index (χ2n) is 6.67. The van der Waals surface area contributed by atoms with Crippen molar-refractivity contribution in [3.63, 3.8) is 0 Å². The number of hydrogen-bond acceptors (Lipinski definition) is 6. The quantitative estimate of drug-likeness (QED) is 0.768. The second kappa shape index (κ2) is 6.68. The van der Waals surface area contributed by atoms with Gasteiger partial charge in [0.2, 0.25) is 0 Å². The molecule has 1 atom stereocenters. The third kappa shape index (κ3) is 3.70. The molecule has 132 valence electrons. The lowest BCUT2D eigenvalue weighted by molar-refractivity contribution is 0.0663. The SMILES string of the molecule is CN1CCN(C(=O)c2ccc(N(C)C3CCS(=O)(=O)C3)nc2)CC1. The Hall–Kier alpha value is -1.67. The molecule has 3 rings (SSSR count). The minimum Gasteiger partial charge on any atom is -0.356 e. The van der Waals surface area contributed by atoms with Crippen LogP contribution >= 0.6 is 0 Å². The van der Waals surface area contributed by atoms with Gasteiger partial charge in [0.15, 0.2) is 9.84 Å². The zero-order chi connectivity index (χ0) is 17.3. The minimum atomic E-state index is -2.92.